The summed E-state index contributed by atoms with van der Waals surface area (Å²) in [6.45, 7) is 4.02. The third-order valence-corrected chi connectivity index (χ3v) is 3.70. The van der Waals surface area contributed by atoms with Crippen molar-refractivity contribution in [3.05, 3.63) is 29.3 Å². The monoisotopic (exact) mass is 279 g/mol. The molecule has 1 aliphatic rings. The van der Waals surface area contributed by atoms with Gasteiger partial charge in [0.05, 0.1) is 6.61 Å². The van der Waals surface area contributed by atoms with Crippen LogP contribution in [0, 0.1) is 12.8 Å². The van der Waals surface area contributed by atoms with E-state index in [9.17, 15) is 4.79 Å². The van der Waals surface area contributed by atoms with Gasteiger partial charge in [0.15, 0.2) is 0 Å². The Balaban J connectivity index is 1.84. The summed E-state index contributed by atoms with van der Waals surface area (Å²) in [5, 5.41) is 0. The molecule has 0 radical (unpaired) electrons. The fourth-order valence-electron chi connectivity index (χ4n) is 1.88. The van der Waals surface area contributed by atoms with Gasteiger partial charge in [0, 0.05) is 30.7 Å². The van der Waals surface area contributed by atoms with Crippen molar-refractivity contribution < 1.29 is 9.53 Å². The van der Waals surface area contributed by atoms with Crippen LogP contribution in [0.2, 0.25) is 0 Å². The zero-order valence-corrected chi connectivity index (χ0v) is 12.5. The molecule has 0 heterocycles. The summed E-state index contributed by atoms with van der Waals surface area (Å²) in [4.78, 5) is 14.8. The summed E-state index contributed by atoms with van der Waals surface area (Å²) < 4.78 is 5.56. The molecule has 0 N–H and O–H groups in total. The van der Waals surface area contributed by atoms with E-state index in [4.69, 9.17) is 4.74 Å². The lowest BCUT2D eigenvalue weighted by Crippen LogP contribution is -2.30. The molecule has 0 bridgehead atoms. The summed E-state index contributed by atoms with van der Waals surface area (Å²) in [7, 11) is 1.81. The molecule has 0 spiro atoms. The molecular weight excluding hydrogens is 258 g/mol. The number of nitrogens with zero attached hydrogens (tertiary/aromatic N) is 1. The van der Waals surface area contributed by atoms with Crippen LogP contribution in [-0.4, -0.2) is 37.6 Å². The Bertz CT molecular complexity index is 457. The Morgan fingerprint density at radius 1 is 1.47 bits per heavy atom. The third kappa shape index (κ3) is 4.25. The average Bonchev–Trinajstić information content (AvgIpc) is 3.20. The molecular formula is C15H21NO2S. The van der Waals surface area contributed by atoms with Gasteiger partial charge in [0.25, 0.3) is 5.91 Å². The highest BCUT2D eigenvalue weighted by Gasteiger charge is 2.21. The van der Waals surface area contributed by atoms with E-state index in [-0.39, 0.29) is 5.91 Å². The van der Waals surface area contributed by atoms with Gasteiger partial charge >= 0.3 is 0 Å². The molecule has 1 aliphatic carbocycles. The molecule has 1 amide bonds. The second-order valence-electron chi connectivity index (χ2n) is 5.24. The second-order valence-corrected chi connectivity index (χ2v) is 5.76. The van der Waals surface area contributed by atoms with Crippen molar-refractivity contribution in [2.24, 2.45) is 5.92 Å². The number of benzene rings is 1. The standard InChI is InChI=1S/C15H21NO2S/c1-11-3-6-13(19)9-14(11)15(17)16(2)7-8-18-10-12-4-5-12/h3,6,9,12,19H,4-5,7-8,10H2,1-2H3. The van der Waals surface area contributed by atoms with Crippen molar-refractivity contribution in [3.8, 4) is 0 Å². The fraction of sp³-hybridized carbons (Fsp3) is 0.533. The first-order valence-electron chi connectivity index (χ1n) is 6.70. The fourth-order valence-corrected chi connectivity index (χ4v) is 2.09. The molecule has 0 aliphatic heterocycles. The Morgan fingerprint density at radius 2 is 2.21 bits per heavy atom. The van der Waals surface area contributed by atoms with Gasteiger partial charge in [-0.25, -0.2) is 0 Å². The molecule has 1 aromatic carbocycles. The SMILES string of the molecule is Cc1ccc(S)cc1C(=O)N(C)CCOCC1CC1. The molecule has 19 heavy (non-hydrogen) atoms. The number of carbonyl (C=O) groups is 1. The number of rotatable bonds is 6. The van der Waals surface area contributed by atoms with Crippen molar-refractivity contribution in [1.82, 2.24) is 4.90 Å². The van der Waals surface area contributed by atoms with Crippen LogP contribution in [0.5, 0.6) is 0 Å². The second kappa shape index (κ2) is 6.44. The molecule has 0 saturated heterocycles. The molecule has 1 fully saturated rings. The van der Waals surface area contributed by atoms with E-state index in [1.807, 2.05) is 32.2 Å². The van der Waals surface area contributed by atoms with E-state index in [1.165, 1.54) is 12.8 Å². The van der Waals surface area contributed by atoms with Crippen LogP contribution in [-0.2, 0) is 4.74 Å². The lowest BCUT2D eigenvalue weighted by Gasteiger charge is -2.18. The smallest absolute Gasteiger partial charge is 0.253 e. The first-order chi connectivity index (χ1) is 9.08. The minimum Gasteiger partial charge on any atom is -0.379 e. The molecule has 1 aromatic rings. The van der Waals surface area contributed by atoms with E-state index in [0.717, 1.165) is 28.5 Å². The zero-order valence-electron chi connectivity index (χ0n) is 11.6. The number of aryl methyl sites for hydroxylation is 1. The molecule has 2 rings (SSSR count). The molecule has 3 nitrogen and oxygen atoms in total. The van der Waals surface area contributed by atoms with Crippen LogP contribution in [0.4, 0.5) is 0 Å². The van der Waals surface area contributed by atoms with E-state index in [1.54, 1.807) is 4.90 Å². The summed E-state index contributed by atoms with van der Waals surface area (Å²) in [6.07, 6.45) is 2.59. The predicted molar refractivity (Wildman–Crippen MR) is 78.9 cm³/mol. The lowest BCUT2D eigenvalue weighted by molar-refractivity contribution is 0.0680. The number of amides is 1. The van der Waals surface area contributed by atoms with Crippen LogP contribution in [0.3, 0.4) is 0 Å². The summed E-state index contributed by atoms with van der Waals surface area (Å²) in [5.41, 5.74) is 1.70. The number of thiol groups is 1. The summed E-state index contributed by atoms with van der Waals surface area (Å²) in [5.74, 6) is 0.799. The Hall–Kier alpha value is -1.00. The molecule has 0 aromatic heterocycles. The van der Waals surface area contributed by atoms with Gasteiger partial charge in [-0.05, 0) is 43.4 Å². The number of hydrogen-bond acceptors (Lipinski definition) is 3. The quantitative estimate of drug-likeness (QED) is 0.641. The van der Waals surface area contributed by atoms with Gasteiger partial charge in [-0.15, -0.1) is 12.6 Å². The normalized spacial score (nSPS) is 14.5. The largest absolute Gasteiger partial charge is 0.379 e. The van der Waals surface area contributed by atoms with Gasteiger partial charge in [0.2, 0.25) is 0 Å². The molecule has 4 heteroatoms. The van der Waals surface area contributed by atoms with Crippen molar-refractivity contribution in [2.45, 2.75) is 24.7 Å². The molecule has 0 atom stereocenters. The lowest BCUT2D eigenvalue weighted by atomic mass is 10.1. The third-order valence-electron chi connectivity index (χ3n) is 3.42. The van der Waals surface area contributed by atoms with Crippen LogP contribution in [0.15, 0.2) is 23.1 Å². The van der Waals surface area contributed by atoms with Crippen molar-refractivity contribution in [2.75, 3.05) is 26.8 Å². The van der Waals surface area contributed by atoms with Gasteiger partial charge in [-0.2, -0.15) is 0 Å². The Labute approximate surface area is 120 Å². The van der Waals surface area contributed by atoms with Crippen LogP contribution < -0.4 is 0 Å². The minimum absolute atomic E-state index is 0.0309. The zero-order chi connectivity index (χ0) is 13.8. The predicted octanol–water partition coefficient (Wildman–Crippen LogP) is 2.78. The highest BCUT2D eigenvalue weighted by atomic mass is 32.1. The van der Waals surface area contributed by atoms with E-state index >= 15 is 0 Å². The number of ether oxygens (including phenoxy) is 1. The van der Waals surface area contributed by atoms with Crippen molar-refractivity contribution >= 4 is 18.5 Å². The molecule has 1 saturated carbocycles. The van der Waals surface area contributed by atoms with Crippen LogP contribution >= 0.6 is 12.6 Å². The first-order valence-corrected chi connectivity index (χ1v) is 7.15. The maximum atomic E-state index is 12.3. The number of likely N-dealkylation sites (N-methyl/N-ethyl adjacent to an activating group) is 1. The molecule has 0 unspecified atom stereocenters. The molecule has 104 valence electrons. The van der Waals surface area contributed by atoms with Crippen LogP contribution in [0.1, 0.15) is 28.8 Å². The minimum atomic E-state index is 0.0309. The topological polar surface area (TPSA) is 29.5 Å². The van der Waals surface area contributed by atoms with Gasteiger partial charge in [-0.3, -0.25) is 4.79 Å². The van der Waals surface area contributed by atoms with E-state index < -0.39 is 0 Å². The van der Waals surface area contributed by atoms with E-state index in [0.29, 0.717) is 13.2 Å². The number of carbonyl (C=O) groups excluding carboxylic acids is 1. The van der Waals surface area contributed by atoms with Crippen molar-refractivity contribution in [3.63, 3.8) is 0 Å². The van der Waals surface area contributed by atoms with Gasteiger partial charge < -0.3 is 9.64 Å². The van der Waals surface area contributed by atoms with Crippen LogP contribution in [0.25, 0.3) is 0 Å². The maximum Gasteiger partial charge on any atom is 0.253 e. The van der Waals surface area contributed by atoms with Gasteiger partial charge in [0.1, 0.15) is 0 Å². The maximum absolute atomic E-state index is 12.3. The highest BCUT2D eigenvalue weighted by molar-refractivity contribution is 7.80. The van der Waals surface area contributed by atoms with Crippen molar-refractivity contribution in [1.29, 1.82) is 0 Å². The highest BCUT2D eigenvalue weighted by Crippen LogP contribution is 2.28. The summed E-state index contributed by atoms with van der Waals surface area (Å²) in [6, 6.07) is 5.64. The first kappa shape index (κ1) is 14.4. The van der Waals surface area contributed by atoms with Gasteiger partial charge in [-0.1, -0.05) is 6.07 Å². The summed E-state index contributed by atoms with van der Waals surface area (Å²) >= 11 is 4.28. The Kier molecular flexibility index (Phi) is 4.88. The number of hydrogen-bond donors (Lipinski definition) is 1. The van der Waals surface area contributed by atoms with E-state index in [2.05, 4.69) is 12.6 Å². The Morgan fingerprint density at radius 3 is 2.89 bits per heavy atom. The average molecular weight is 279 g/mol.